The Morgan fingerprint density at radius 2 is 2.07 bits per heavy atom. The predicted octanol–water partition coefficient (Wildman–Crippen LogP) is 4.94. The van der Waals surface area contributed by atoms with Crippen molar-refractivity contribution in [1.29, 1.82) is 5.41 Å². The smallest absolute Gasteiger partial charge is 0.265 e. The zero-order valence-electron chi connectivity index (χ0n) is 15.2. The Balaban J connectivity index is 1.92. The maximum Gasteiger partial charge on any atom is 0.265 e. The summed E-state index contributed by atoms with van der Waals surface area (Å²) in [6.45, 7) is 3.48. The van der Waals surface area contributed by atoms with Crippen LogP contribution in [0.3, 0.4) is 0 Å². The summed E-state index contributed by atoms with van der Waals surface area (Å²) in [5.41, 5.74) is 2.70. The number of hydrogen-bond donors (Lipinski definition) is 2. The van der Waals surface area contributed by atoms with E-state index in [0.717, 1.165) is 11.3 Å². The summed E-state index contributed by atoms with van der Waals surface area (Å²) < 4.78 is 22.5. The van der Waals surface area contributed by atoms with Gasteiger partial charge in [-0.25, -0.2) is 4.39 Å². The number of carbonyl (C=O) groups is 1. The molecule has 10 heteroatoms. The van der Waals surface area contributed by atoms with Crippen molar-refractivity contribution in [2.75, 3.05) is 6.61 Å². The fourth-order valence-corrected chi connectivity index (χ4v) is 2.60. The maximum atomic E-state index is 13.8. The van der Waals surface area contributed by atoms with E-state index < -0.39 is 15.5 Å². The molecule has 0 fully saturated rings. The average molecular weight is 451 g/mol. The number of hydrogen-bond acceptors (Lipinski definition) is 5. The lowest BCUT2D eigenvalue weighted by Crippen LogP contribution is -2.21. The molecular formula is C18H19Cl3FN3O3. The SMILES string of the molecule is CC(=O)c1ccc(F)c(OCCCc2c(COC(=N)C(Cl)(Cl)Cl)n[nH]c2C)c1. The summed E-state index contributed by atoms with van der Waals surface area (Å²) in [5, 5.41) is 14.5. The number of halogens is 4. The summed E-state index contributed by atoms with van der Waals surface area (Å²) in [4.78, 5) is 11.4. The molecule has 28 heavy (non-hydrogen) atoms. The number of ketones is 1. The zero-order valence-corrected chi connectivity index (χ0v) is 17.5. The van der Waals surface area contributed by atoms with E-state index in [2.05, 4.69) is 10.2 Å². The van der Waals surface area contributed by atoms with Gasteiger partial charge in [0.25, 0.3) is 3.79 Å². The van der Waals surface area contributed by atoms with Crippen LogP contribution in [-0.4, -0.2) is 32.3 Å². The van der Waals surface area contributed by atoms with E-state index in [1.807, 2.05) is 6.92 Å². The third-order valence-corrected chi connectivity index (χ3v) is 4.45. The van der Waals surface area contributed by atoms with Crippen molar-refractivity contribution >= 4 is 46.5 Å². The van der Waals surface area contributed by atoms with Crippen molar-refractivity contribution in [1.82, 2.24) is 10.2 Å². The second-order valence-corrected chi connectivity index (χ2v) is 8.32. The highest BCUT2D eigenvalue weighted by atomic mass is 35.6. The third kappa shape index (κ3) is 6.09. The summed E-state index contributed by atoms with van der Waals surface area (Å²) in [6, 6.07) is 4.02. The molecule has 0 aliphatic heterocycles. The summed E-state index contributed by atoms with van der Waals surface area (Å²) >= 11 is 16.8. The van der Waals surface area contributed by atoms with Gasteiger partial charge < -0.3 is 9.47 Å². The summed E-state index contributed by atoms with van der Waals surface area (Å²) in [5.74, 6) is -1.14. The highest BCUT2D eigenvalue weighted by Gasteiger charge is 2.29. The van der Waals surface area contributed by atoms with Crippen molar-refractivity contribution in [3.8, 4) is 5.75 Å². The number of aryl methyl sites for hydroxylation is 1. The Labute approximate surface area is 176 Å². The molecule has 2 aromatic rings. The molecule has 2 rings (SSSR count). The van der Waals surface area contributed by atoms with Gasteiger partial charge in [-0.3, -0.25) is 15.3 Å². The van der Waals surface area contributed by atoms with Crippen molar-refractivity contribution in [3.05, 3.63) is 46.5 Å². The fraction of sp³-hybridized carbons (Fsp3) is 0.389. The molecule has 0 amide bonds. The van der Waals surface area contributed by atoms with Crippen LogP contribution in [0.15, 0.2) is 18.2 Å². The first-order valence-corrected chi connectivity index (χ1v) is 9.47. The number of aromatic amines is 1. The van der Waals surface area contributed by atoms with Gasteiger partial charge in [0.05, 0.1) is 6.61 Å². The van der Waals surface area contributed by atoms with Crippen LogP contribution in [0.25, 0.3) is 0 Å². The molecule has 0 saturated heterocycles. The molecule has 6 nitrogen and oxygen atoms in total. The summed E-state index contributed by atoms with van der Waals surface area (Å²) in [7, 11) is 0. The lowest BCUT2D eigenvalue weighted by molar-refractivity contribution is 0.101. The molecule has 0 bridgehead atoms. The molecule has 0 saturated carbocycles. The minimum absolute atomic E-state index is 0.0252. The number of Topliss-reactive ketones (excluding diaryl/α,β-unsaturated/α-hetero) is 1. The number of H-pyrrole nitrogens is 1. The van der Waals surface area contributed by atoms with Gasteiger partial charge in [0.15, 0.2) is 17.3 Å². The van der Waals surface area contributed by atoms with Gasteiger partial charge in [-0.1, -0.05) is 34.8 Å². The van der Waals surface area contributed by atoms with Crippen LogP contribution < -0.4 is 4.74 Å². The largest absolute Gasteiger partial charge is 0.490 e. The Morgan fingerprint density at radius 1 is 1.36 bits per heavy atom. The first-order valence-electron chi connectivity index (χ1n) is 8.34. The van der Waals surface area contributed by atoms with Gasteiger partial charge in [-0.05, 0) is 50.5 Å². The molecule has 0 unspecified atom stereocenters. The van der Waals surface area contributed by atoms with Crippen LogP contribution >= 0.6 is 34.8 Å². The van der Waals surface area contributed by atoms with Crippen molar-refractivity contribution in [3.63, 3.8) is 0 Å². The molecule has 1 aromatic heterocycles. The van der Waals surface area contributed by atoms with E-state index in [9.17, 15) is 9.18 Å². The van der Waals surface area contributed by atoms with E-state index in [4.69, 9.17) is 49.7 Å². The Hall–Kier alpha value is -1.83. The number of nitrogens with zero attached hydrogens (tertiary/aromatic N) is 1. The van der Waals surface area contributed by atoms with E-state index in [-0.39, 0.29) is 24.7 Å². The lowest BCUT2D eigenvalue weighted by atomic mass is 10.1. The zero-order chi connectivity index (χ0) is 20.9. The van der Waals surface area contributed by atoms with E-state index >= 15 is 0 Å². The first-order chi connectivity index (χ1) is 13.1. The van der Waals surface area contributed by atoms with E-state index in [1.165, 1.54) is 25.1 Å². The second-order valence-electron chi connectivity index (χ2n) is 6.04. The number of aromatic nitrogens is 2. The standard InChI is InChI=1S/C18H19Cl3FN3O3/c1-10-13(15(25-24-10)9-28-17(23)18(19,20)21)4-3-7-27-16-8-12(11(2)26)5-6-14(16)22/h5-6,8,23H,3-4,7,9H2,1-2H3,(H,24,25). The van der Waals surface area contributed by atoms with Crippen LogP contribution in [0.1, 0.15) is 40.7 Å². The minimum atomic E-state index is -1.93. The van der Waals surface area contributed by atoms with Gasteiger partial charge in [-0.2, -0.15) is 5.10 Å². The summed E-state index contributed by atoms with van der Waals surface area (Å²) in [6.07, 6.45) is 1.15. The molecule has 1 aromatic carbocycles. The number of ether oxygens (including phenoxy) is 2. The molecule has 0 radical (unpaired) electrons. The van der Waals surface area contributed by atoms with Crippen LogP contribution in [0, 0.1) is 18.2 Å². The number of carbonyl (C=O) groups excluding carboxylic acids is 1. The molecule has 0 spiro atoms. The van der Waals surface area contributed by atoms with Crippen molar-refractivity contribution in [2.24, 2.45) is 0 Å². The second kappa shape index (κ2) is 9.58. The lowest BCUT2D eigenvalue weighted by Gasteiger charge is -2.13. The Bertz CT molecular complexity index is 865. The van der Waals surface area contributed by atoms with Crippen LogP contribution in [0.2, 0.25) is 0 Å². The topological polar surface area (TPSA) is 88.1 Å². The molecular weight excluding hydrogens is 432 g/mol. The Morgan fingerprint density at radius 3 is 2.71 bits per heavy atom. The molecule has 0 aliphatic rings. The highest BCUT2D eigenvalue weighted by molar-refractivity contribution is 6.76. The number of alkyl halides is 3. The van der Waals surface area contributed by atoms with Crippen LogP contribution in [0.4, 0.5) is 4.39 Å². The van der Waals surface area contributed by atoms with Gasteiger partial charge >= 0.3 is 0 Å². The first kappa shape index (κ1) is 22.5. The molecule has 152 valence electrons. The highest BCUT2D eigenvalue weighted by Crippen LogP contribution is 2.28. The van der Waals surface area contributed by atoms with Gasteiger partial charge in [-0.15, -0.1) is 0 Å². The molecule has 0 aliphatic carbocycles. The van der Waals surface area contributed by atoms with E-state index in [0.29, 0.717) is 24.1 Å². The van der Waals surface area contributed by atoms with Gasteiger partial charge in [0, 0.05) is 11.3 Å². The maximum absolute atomic E-state index is 13.8. The molecule has 0 atom stereocenters. The number of nitrogens with one attached hydrogen (secondary N) is 2. The Kier molecular flexibility index (Phi) is 7.69. The van der Waals surface area contributed by atoms with Crippen LogP contribution in [0.5, 0.6) is 5.75 Å². The minimum Gasteiger partial charge on any atom is -0.490 e. The monoisotopic (exact) mass is 449 g/mol. The van der Waals surface area contributed by atoms with Crippen LogP contribution in [-0.2, 0) is 17.8 Å². The predicted molar refractivity (Wildman–Crippen MR) is 106 cm³/mol. The van der Waals surface area contributed by atoms with E-state index in [1.54, 1.807) is 0 Å². The van der Waals surface area contributed by atoms with Crippen molar-refractivity contribution in [2.45, 2.75) is 37.1 Å². The van der Waals surface area contributed by atoms with Gasteiger partial charge in [0.1, 0.15) is 12.3 Å². The van der Waals surface area contributed by atoms with Gasteiger partial charge in [0.2, 0.25) is 5.90 Å². The third-order valence-electron chi connectivity index (χ3n) is 3.94. The fourth-order valence-electron chi connectivity index (χ4n) is 2.44. The average Bonchev–Trinajstić information content (AvgIpc) is 2.96. The number of rotatable bonds is 8. The molecule has 1 heterocycles. The normalized spacial score (nSPS) is 11.4. The molecule has 2 N–H and O–H groups in total. The quantitative estimate of drug-likeness (QED) is 0.196. The number of benzene rings is 1. The van der Waals surface area contributed by atoms with Crippen molar-refractivity contribution < 1.29 is 18.7 Å².